The lowest BCUT2D eigenvalue weighted by atomic mass is 10.00. The van der Waals surface area contributed by atoms with Gasteiger partial charge in [-0.3, -0.25) is 115 Å². The molecule has 0 aliphatic heterocycles. The third kappa shape index (κ3) is 44.1. The predicted molar refractivity (Wildman–Crippen MR) is 495 cm³/mol. The minimum Gasteiger partial charge on any atom is -0.508 e. The van der Waals surface area contributed by atoms with E-state index in [0.717, 1.165) is 20.8 Å². The minimum atomic E-state index is -2.22. The van der Waals surface area contributed by atoms with E-state index in [1.807, 2.05) is 10.6 Å². The molecular weight excluding hydrogens is 1910 g/mol. The Morgan fingerprint density at radius 2 is 0.771 bits per heavy atom. The number of hydrogen-bond donors (Lipinski definition) is 32. The fraction of sp³-hybridized carbons (Fsp3) is 0.552. The number of nitrogens with one attached hydrogen (secondary N) is 20. The van der Waals surface area contributed by atoms with E-state index in [0.29, 0.717) is 11.3 Å². The number of rotatable bonds is 64. The number of aliphatic hydroxyl groups is 5. The fourth-order valence-corrected chi connectivity index (χ4v) is 13.0. The number of nitrogens with zero attached hydrogens (tertiary/aromatic N) is 1. The normalized spacial score (nSPS) is 14.9. The lowest BCUT2D eigenvalue weighted by Gasteiger charge is -2.29. The number of aromatic hydroxyl groups is 1. The van der Waals surface area contributed by atoms with Crippen LogP contribution in [-0.2, 0) is 134 Å². The molecule has 0 unspecified atom stereocenters. The first-order valence-corrected chi connectivity index (χ1v) is 45.0. The molecule has 0 bridgehead atoms. The van der Waals surface area contributed by atoms with Crippen molar-refractivity contribution < 1.29 is 166 Å². The number of phenols is 1. The summed E-state index contributed by atoms with van der Waals surface area (Å²) in [7, 11) is 0. The Bertz CT molecular complexity index is 4990. The van der Waals surface area contributed by atoms with Crippen molar-refractivity contribution in [3.63, 3.8) is 0 Å². The lowest BCUT2D eigenvalue weighted by Crippen LogP contribution is -2.63. The smallest absolute Gasteiger partial charge is 0.325 e. The van der Waals surface area contributed by atoms with E-state index in [2.05, 4.69) is 100 Å². The number of nitrogens with two attached hydrogens (primary N) is 2. The minimum absolute atomic E-state index is 0.0229. The van der Waals surface area contributed by atoms with Crippen molar-refractivity contribution in [2.45, 2.75) is 254 Å². The number of imidazole rings is 1. The average molecular weight is 2040 g/mol. The van der Waals surface area contributed by atoms with Crippen molar-refractivity contribution in [2.24, 2.45) is 23.3 Å². The summed E-state index contributed by atoms with van der Waals surface area (Å²) in [5, 5.41) is 144. The van der Waals surface area contributed by atoms with Crippen LogP contribution in [0.2, 0.25) is 0 Å². The molecular formula is C87H129N23O34. The lowest BCUT2D eigenvalue weighted by molar-refractivity contribution is -0.142. The maximum atomic E-state index is 14.5. The fourth-order valence-electron chi connectivity index (χ4n) is 13.0. The van der Waals surface area contributed by atoms with Gasteiger partial charge in [0.05, 0.1) is 76.1 Å². The number of aromatic nitrogens is 2. The number of benzene rings is 2. The molecule has 20 amide bonds. The van der Waals surface area contributed by atoms with Crippen molar-refractivity contribution >= 4 is 142 Å². The van der Waals surface area contributed by atoms with Gasteiger partial charge in [0.15, 0.2) is 0 Å². The first-order chi connectivity index (χ1) is 67.4. The number of primary amides is 1. The van der Waals surface area contributed by atoms with Crippen LogP contribution in [0.4, 0.5) is 0 Å². The standard InChI is InChI=1S/C87H129N23O34/c1-39(2)26-53(75(132)98-50(21-24-64(121)122)72(129)93-34-62(119)97-52(20-23-60(89)117)74(131)95-41(5)70(127)96-42(6)85(142)143)99-76(133)54(28-46-16-18-48(116)19-17-46)100-79(136)57(35-111)103-81(138)59(37-113)104-82(139)67(40(3)4)108-78(135)56(30-66(125)126)101-80(137)58(36-112)105-84(141)69(44(8)115)109-77(134)55(27-45-14-12-11-13-15-45)102-83(140)68(43(7)114)107-63(120)33-91-61(118)32-92-73(130)51(22-25-65(123)124)106-86(144)87(9,10)110-71(128)49(88)29-47-31-90-38-94-47/h11-19,31,38-44,49-59,67-69,111-116H,20-30,32-37,88H2,1-10H3,(H2,89,117)(H,90,94)(H,91,118)(H,92,130)(H,93,129)(H,95,131)(H,96,127)(H,97,119)(H,98,132)(H,99,133)(H,100,136)(H,101,137)(H,102,140)(H,103,138)(H,104,139)(H,105,141)(H,106,144)(H,107,120)(H,108,135)(H,109,134)(H,110,128)(H,121,122)(H,123,124)(H,125,126)(H,142,143)/t41-,42-,43+,44+,49-,50-,51-,52-,53-,54-,55-,56-,57-,58-,59-,67-,68-,69-/m0/s1. The molecule has 3 rings (SSSR count). The largest absolute Gasteiger partial charge is 0.508 e. The Hall–Kier alpha value is -15.5. The summed E-state index contributed by atoms with van der Waals surface area (Å²) in [6.45, 7) is 5.88. The second kappa shape index (κ2) is 60.6. The van der Waals surface area contributed by atoms with Crippen LogP contribution >= 0.6 is 0 Å². The van der Waals surface area contributed by atoms with Gasteiger partial charge in [-0.1, -0.05) is 70.2 Å². The quantitative estimate of drug-likeness (QED) is 0.0249. The third-order valence-electron chi connectivity index (χ3n) is 21.1. The number of hydrogen-bond acceptors (Lipinski definition) is 32. The third-order valence-corrected chi connectivity index (χ3v) is 21.1. The Kier molecular flexibility index (Phi) is 51.6. The Morgan fingerprint density at radius 1 is 0.382 bits per heavy atom. The van der Waals surface area contributed by atoms with Gasteiger partial charge in [-0.15, -0.1) is 0 Å². The van der Waals surface area contributed by atoms with Gasteiger partial charge in [0.2, 0.25) is 118 Å². The monoisotopic (exact) mass is 2040 g/mol. The second-order valence-corrected chi connectivity index (χ2v) is 34.6. The van der Waals surface area contributed by atoms with E-state index < -0.39 is 366 Å². The number of phenolic OH excluding ortho intramolecular Hbond substituents is 1. The number of H-pyrrole nitrogens is 1. The predicted octanol–water partition coefficient (Wildman–Crippen LogP) is -13.0. The Morgan fingerprint density at radius 3 is 1.24 bits per heavy atom. The van der Waals surface area contributed by atoms with Crippen molar-refractivity contribution in [1.29, 1.82) is 0 Å². The molecule has 34 N–H and O–H groups in total. The number of aliphatic hydroxyl groups excluding tert-OH is 5. The summed E-state index contributed by atoms with van der Waals surface area (Å²) >= 11 is 0. The molecule has 2 aromatic carbocycles. The molecule has 144 heavy (non-hydrogen) atoms. The first-order valence-electron chi connectivity index (χ1n) is 45.0. The van der Waals surface area contributed by atoms with Crippen LogP contribution in [0.15, 0.2) is 67.1 Å². The zero-order valence-electron chi connectivity index (χ0n) is 80.3. The Balaban J connectivity index is 1.79. The highest BCUT2D eigenvalue weighted by molar-refractivity contribution is 6.03. The SMILES string of the molecule is CC(C)C[C@H](NC(=O)[C@H](Cc1ccc(O)cc1)NC(=O)[C@H](CO)NC(=O)[C@H](CO)NC(=O)[C@@H](NC(=O)[C@H](CC(=O)O)NC(=O)[C@H](CO)NC(=O)[C@@H](NC(=O)[C@H](Cc1ccccc1)NC(=O)[C@@H](NC(=O)CNC(=O)CNC(=O)[C@H](CCC(=O)O)NC(=O)C(C)(C)NC(=O)[C@@H](N)Cc1c[nH]cn1)[C@@H](C)O)[C@@H](C)O)C(C)C)C(=O)N[C@@H](CCC(=O)O)C(=O)NCC(=O)N[C@@H](CCC(N)=O)C(=O)N[C@@H](C)C(=O)N[C@@H](C)C(=O)O. The van der Waals surface area contributed by atoms with Gasteiger partial charge in [0.1, 0.15) is 102 Å². The molecule has 0 saturated heterocycles. The zero-order valence-corrected chi connectivity index (χ0v) is 80.3. The summed E-state index contributed by atoms with van der Waals surface area (Å²) in [6.07, 6.45) is -6.92. The van der Waals surface area contributed by atoms with Gasteiger partial charge in [-0.25, -0.2) is 4.98 Å². The molecule has 57 nitrogen and oxygen atoms in total. The van der Waals surface area contributed by atoms with Crippen molar-refractivity contribution in [2.75, 3.05) is 39.5 Å². The van der Waals surface area contributed by atoms with Gasteiger partial charge < -0.3 is 169 Å². The summed E-state index contributed by atoms with van der Waals surface area (Å²) in [4.78, 5) is 326. The van der Waals surface area contributed by atoms with E-state index in [-0.39, 0.29) is 24.2 Å². The number of carbonyl (C=O) groups is 24. The number of amides is 20. The van der Waals surface area contributed by atoms with Crippen LogP contribution < -0.4 is 112 Å². The summed E-state index contributed by atoms with van der Waals surface area (Å²) in [6, 6.07) is -16.1. The molecule has 1 heterocycles. The van der Waals surface area contributed by atoms with Crippen LogP contribution in [-0.4, -0.2) is 357 Å². The maximum absolute atomic E-state index is 14.5. The van der Waals surface area contributed by atoms with Crippen LogP contribution in [0.5, 0.6) is 5.75 Å². The molecule has 57 heteroatoms. The highest BCUT2D eigenvalue weighted by atomic mass is 16.4. The van der Waals surface area contributed by atoms with Crippen LogP contribution in [0, 0.1) is 11.8 Å². The van der Waals surface area contributed by atoms with E-state index in [1.54, 1.807) is 19.9 Å². The molecule has 0 radical (unpaired) electrons. The van der Waals surface area contributed by atoms with Gasteiger partial charge in [0.25, 0.3) is 0 Å². The number of carboxylic acids is 4. The van der Waals surface area contributed by atoms with Crippen LogP contribution in [0.25, 0.3) is 0 Å². The molecule has 0 aliphatic carbocycles. The maximum Gasteiger partial charge on any atom is 0.325 e. The first kappa shape index (κ1) is 123. The highest BCUT2D eigenvalue weighted by Gasteiger charge is 2.42. The molecule has 0 spiro atoms. The second-order valence-electron chi connectivity index (χ2n) is 34.6. The number of carbonyl (C=O) groups excluding carboxylic acids is 20. The summed E-state index contributed by atoms with van der Waals surface area (Å²) in [5.41, 5.74) is 10.5. The summed E-state index contributed by atoms with van der Waals surface area (Å²) < 4.78 is 0. The van der Waals surface area contributed by atoms with E-state index in [4.69, 9.17) is 16.6 Å². The molecule has 0 aliphatic rings. The zero-order chi connectivity index (χ0) is 109. The van der Waals surface area contributed by atoms with Crippen LogP contribution in [0.3, 0.4) is 0 Å². The number of carboxylic acid groups (broad SMARTS) is 4. The van der Waals surface area contributed by atoms with E-state index in [1.165, 1.54) is 95.7 Å². The van der Waals surface area contributed by atoms with Gasteiger partial charge in [-0.05, 0) is 102 Å². The van der Waals surface area contributed by atoms with E-state index >= 15 is 0 Å². The van der Waals surface area contributed by atoms with Gasteiger partial charge in [0, 0.05) is 44.7 Å². The van der Waals surface area contributed by atoms with Crippen molar-refractivity contribution in [3.8, 4) is 5.75 Å². The Labute approximate surface area is 822 Å². The number of aromatic amines is 1. The average Bonchev–Trinajstić information content (AvgIpc) is 0.870. The van der Waals surface area contributed by atoms with Gasteiger partial charge >= 0.3 is 23.9 Å². The summed E-state index contributed by atoms with van der Waals surface area (Å²) in [5.74, 6) is -31.5. The molecule has 796 valence electrons. The molecule has 0 fully saturated rings. The molecule has 18 atom stereocenters. The highest BCUT2D eigenvalue weighted by Crippen LogP contribution is 2.17. The molecule has 1 aromatic heterocycles. The van der Waals surface area contributed by atoms with E-state index in [9.17, 15) is 161 Å². The molecule has 3 aromatic rings. The number of aliphatic carboxylic acids is 4. The molecule has 0 saturated carbocycles. The van der Waals surface area contributed by atoms with Crippen LogP contribution in [0.1, 0.15) is 137 Å². The van der Waals surface area contributed by atoms with Crippen molar-refractivity contribution in [1.82, 2.24) is 111 Å². The van der Waals surface area contributed by atoms with Gasteiger partial charge in [-0.2, -0.15) is 0 Å². The topological polar surface area (TPSA) is 921 Å². The van der Waals surface area contributed by atoms with Crippen molar-refractivity contribution in [3.05, 3.63) is 83.9 Å².